The quantitative estimate of drug-likeness (QED) is 0.677. The summed E-state index contributed by atoms with van der Waals surface area (Å²) in [6.07, 6.45) is 0. The van der Waals surface area contributed by atoms with E-state index >= 15 is 0 Å². The molecule has 3 aromatic rings. The predicted octanol–water partition coefficient (Wildman–Crippen LogP) is 4.10. The summed E-state index contributed by atoms with van der Waals surface area (Å²) < 4.78 is 1.85. The fraction of sp³-hybridized carbons (Fsp3) is 0.150. The van der Waals surface area contributed by atoms with Gasteiger partial charge in [0.2, 0.25) is 0 Å². The molecule has 0 radical (unpaired) electrons. The predicted molar refractivity (Wildman–Crippen MR) is 110 cm³/mol. The summed E-state index contributed by atoms with van der Waals surface area (Å²) in [6.45, 7) is 3.87. The molecule has 2 aromatic carbocycles. The van der Waals surface area contributed by atoms with E-state index in [0.29, 0.717) is 15.8 Å². The van der Waals surface area contributed by atoms with E-state index in [2.05, 4.69) is 10.4 Å². The molecule has 0 unspecified atom stereocenters. The molecule has 136 valence electrons. The van der Waals surface area contributed by atoms with E-state index in [1.54, 1.807) is 18.2 Å². The summed E-state index contributed by atoms with van der Waals surface area (Å²) in [5.74, 6) is -0.138. The first-order chi connectivity index (χ1) is 13.0. The van der Waals surface area contributed by atoms with Crippen molar-refractivity contribution in [3.63, 3.8) is 0 Å². The molecule has 0 spiro atoms. The Balaban J connectivity index is 1.74. The first-order valence-electron chi connectivity index (χ1n) is 8.49. The number of aromatic nitrogens is 2. The molecule has 1 aliphatic rings. The van der Waals surface area contributed by atoms with Crippen molar-refractivity contribution in [3.05, 3.63) is 76.6 Å². The van der Waals surface area contributed by atoms with Crippen molar-refractivity contribution in [2.45, 2.75) is 19.9 Å². The van der Waals surface area contributed by atoms with Gasteiger partial charge in [0.1, 0.15) is 6.04 Å². The van der Waals surface area contributed by atoms with Gasteiger partial charge in [-0.05, 0) is 56.4 Å². The molecule has 1 atom stereocenters. The van der Waals surface area contributed by atoms with E-state index in [4.69, 9.17) is 23.8 Å². The highest BCUT2D eigenvalue weighted by atomic mass is 35.5. The van der Waals surface area contributed by atoms with E-state index in [0.717, 1.165) is 22.6 Å². The fourth-order valence-electron chi connectivity index (χ4n) is 3.43. The van der Waals surface area contributed by atoms with Crippen molar-refractivity contribution < 1.29 is 4.79 Å². The third-order valence-corrected chi connectivity index (χ3v) is 5.18. The van der Waals surface area contributed by atoms with Gasteiger partial charge >= 0.3 is 0 Å². The van der Waals surface area contributed by atoms with Crippen LogP contribution < -0.4 is 10.2 Å². The minimum atomic E-state index is -0.575. The normalized spacial score (nSPS) is 16.7. The molecule has 0 saturated carbocycles. The number of anilines is 1. The molecule has 4 rings (SSSR count). The van der Waals surface area contributed by atoms with Crippen molar-refractivity contribution >= 4 is 40.5 Å². The largest absolute Gasteiger partial charge is 0.346 e. The number of halogens is 1. The van der Waals surface area contributed by atoms with Crippen LogP contribution in [0, 0.1) is 13.8 Å². The van der Waals surface area contributed by atoms with Gasteiger partial charge in [0, 0.05) is 16.3 Å². The van der Waals surface area contributed by atoms with Gasteiger partial charge < -0.3 is 5.32 Å². The van der Waals surface area contributed by atoms with Crippen LogP contribution in [-0.4, -0.2) is 20.8 Å². The fourth-order valence-corrected chi connectivity index (χ4v) is 3.93. The molecule has 1 amide bonds. The van der Waals surface area contributed by atoms with Crippen LogP contribution in [0.5, 0.6) is 0 Å². The molecular weight excluding hydrogens is 380 g/mol. The summed E-state index contributed by atoms with van der Waals surface area (Å²) in [4.78, 5) is 14.7. The lowest BCUT2D eigenvalue weighted by molar-refractivity contribution is -0.118. The number of rotatable bonds is 3. The zero-order valence-electron chi connectivity index (χ0n) is 14.8. The van der Waals surface area contributed by atoms with Crippen molar-refractivity contribution in [3.8, 4) is 5.69 Å². The number of thiocarbonyl (C=S) groups is 1. The molecule has 7 heteroatoms. The maximum absolute atomic E-state index is 13.2. The smallest absolute Gasteiger partial charge is 0.260 e. The highest BCUT2D eigenvalue weighted by Crippen LogP contribution is 2.32. The first-order valence-corrected chi connectivity index (χ1v) is 9.27. The van der Waals surface area contributed by atoms with E-state index in [9.17, 15) is 4.79 Å². The lowest BCUT2D eigenvalue weighted by atomic mass is 10.0. The third kappa shape index (κ3) is 3.01. The second kappa shape index (κ2) is 6.79. The Morgan fingerprint density at radius 2 is 1.78 bits per heavy atom. The summed E-state index contributed by atoms with van der Waals surface area (Å²) in [7, 11) is 0. The molecule has 27 heavy (non-hydrogen) atoms. The molecule has 1 aliphatic heterocycles. The molecule has 1 saturated heterocycles. The van der Waals surface area contributed by atoms with Gasteiger partial charge in [-0.2, -0.15) is 5.10 Å². The second-order valence-corrected chi connectivity index (χ2v) is 7.19. The summed E-state index contributed by atoms with van der Waals surface area (Å²) in [6, 6.07) is 16.4. The average Bonchev–Trinajstić information content (AvgIpc) is 3.10. The maximum Gasteiger partial charge on any atom is 0.260 e. The Hall–Kier alpha value is -2.70. The van der Waals surface area contributed by atoms with Crippen molar-refractivity contribution in [1.29, 1.82) is 0 Å². The lowest BCUT2D eigenvalue weighted by Crippen LogP contribution is -2.30. The molecular formula is C20H17ClN4OS. The molecule has 2 heterocycles. The standard InChI is InChI=1S/C20H17ClN4OS/c1-12-17(13(2)25(23-12)15-8-4-3-5-9-15)18-19(26)24(20(27)22-18)16-10-6-7-14(21)11-16/h3-11,18H,1-2H3,(H,22,27)/t18-/m0/s1. The number of hydrogen-bond acceptors (Lipinski definition) is 3. The van der Waals surface area contributed by atoms with E-state index in [1.807, 2.05) is 54.9 Å². The number of benzene rings is 2. The third-order valence-electron chi connectivity index (χ3n) is 4.64. The van der Waals surface area contributed by atoms with Crippen molar-refractivity contribution in [2.24, 2.45) is 0 Å². The SMILES string of the molecule is Cc1nn(-c2ccccc2)c(C)c1[C@@H]1NC(=S)N(c2cccc(Cl)c2)C1=O. The van der Waals surface area contributed by atoms with E-state index in [-0.39, 0.29) is 5.91 Å². The molecule has 5 nitrogen and oxygen atoms in total. The van der Waals surface area contributed by atoms with Crippen LogP contribution in [0.4, 0.5) is 5.69 Å². The Morgan fingerprint density at radius 1 is 1.07 bits per heavy atom. The highest BCUT2D eigenvalue weighted by molar-refractivity contribution is 7.80. The molecule has 0 aliphatic carbocycles. The van der Waals surface area contributed by atoms with Gasteiger partial charge in [0.15, 0.2) is 5.11 Å². The van der Waals surface area contributed by atoms with Gasteiger partial charge in [-0.15, -0.1) is 0 Å². The second-order valence-electron chi connectivity index (χ2n) is 6.37. The van der Waals surface area contributed by atoms with Crippen molar-refractivity contribution in [2.75, 3.05) is 4.90 Å². The van der Waals surface area contributed by atoms with Crippen LogP contribution in [0.15, 0.2) is 54.6 Å². The zero-order valence-corrected chi connectivity index (χ0v) is 16.4. The summed E-state index contributed by atoms with van der Waals surface area (Å²) in [5, 5.41) is 8.70. The average molecular weight is 397 g/mol. The number of hydrogen-bond donors (Lipinski definition) is 1. The van der Waals surface area contributed by atoms with Crippen LogP contribution in [0.25, 0.3) is 5.69 Å². The molecule has 1 aromatic heterocycles. The van der Waals surface area contributed by atoms with Gasteiger partial charge in [-0.25, -0.2) is 4.68 Å². The van der Waals surface area contributed by atoms with Crippen molar-refractivity contribution in [1.82, 2.24) is 15.1 Å². The van der Waals surface area contributed by atoms with Gasteiger partial charge in [-0.1, -0.05) is 35.9 Å². The minimum Gasteiger partial charge on any atom is -0.346 e. The van der Waals surface area contributed by atoms with Crippen LogP contribution >= 0.6 is 23.8 Å². The monoisotopic (exact) mass is 396 g/mol. The lowest BCUT2D eigenvalue weighted by Gasteiger charge is -2.15. The van der Waals surface area contributed by atoms with Gasteiger partial charge in [0.05, 0.1) is 17.1 Å². The maximum atomic E-state index is 13.2. The topological polar surface area (TPSA) is 50.2 Å². The van der Waals surface area contributed by atoms with Crippen LogP contribution in [-0.2, 0) is 4.79 Å². The van der Waals surface area contributed by atoms with Crippen LogP contribution in [0.2, 0.25) is 5.02 Å². The Labute approximate surface area is 167 Å². The van der Waals surface area contributed by atoms with E-state index < -0.39 is 6.04 Å². The number of nitrogens with one attached hydrogen (secondary N) is 1. The number of carbonyl (C=O) groups is 1. The van der Waals surface area contributed by atoms with Crippen LogP contribution in [0.1, 0.15) is 23.0 Å². The highest BCUT2D eigenvalue weighted by Gasteiger charge is 2.40. The summed E-state index contributed by atoms with van der Waals surface area (Å²) in [5.41, 5.74) is 4.14. The molecule has 1 N–H and O–H groups in total. The first kappa shape index (κ1) is 17.7. The Bertz CT molecular complexity index is 1050. The molecule has 0 bridgehead atoms. The summed E-state index contributed by atoms with van der Waals surface area (Å²) >= 11 is 11.5. The van der Waals surface area contributed by atoms with Crippen LogP contribution in [0.3, 0.4) is 0 Å². The zero-order chi connectivity index (χ0) is 19.1. The molecule has 1 fully saturated rings. The number of para-hydroxylation sites is 1. The Morgan fingerprint density at radius 3 is 2.48 bits per heavy atom. The number of aryl methyl sites for hydroxylation is 1. The number of carbonyl (C=O) groups excluding carboxylic acids is 1. The minimum absolute atomic E-state index is 0.138. The van der Waals surface area contributed by atoms with E-state index in [1.165, 1.54) is 4.90 Å². The Kier molecular flexibility index (Phi) is 4.45. The number of amides is 1. The number of nitrogens with zero attached hydrogens (tertiary/aromatic N) is 3. The van der Waals surface area contributed by atoms with Gasteiger partial charge in [0.25, 0.3) is 5.91 Å². The van der Waals surface area contributed by atoms with Gasteiger partial charge in [-0.3, -0.25) is 9.69 Å².